The number of likely N-dealkylation sites (N-methyl/N-ethyl adjacent to an activating group) is 1. The van der Waals surface area contributed by atoms with E-state index in [9.17, 15) is 19.8 Å². The van der Waals surface area contributed by atoms with E-state index in [4.69, 9.17) is 9.84 Å². The highest BCUT2D eigenvalue weighted by Crippen LogP contribution is 2.18. The number of rotatable bonds is 25. The van der Waals surface area contributed by atoms with E-state index < -0.39 is 18.2 Å². The van der Waals surface area contributed by atoms with E-state index in [0.29, 0.717) is 24.0 Å². The van der Waals surface area contributed by atoms with Gasteiger partial charge < -0.3 is 29.9 Å². The molecular weight excluding hydrogens is 460 g/mol. The molecule has 0 saturated carbocycles. The highest BCUT2D eigenvalue weighted by atomic mass is 16.5. The van der Waals surface area contributed by atoms with Crippen LogP contribution in [0, 0.1) is 0 Å². The maximum Gasteiger partial charge on any atom is 0.359 e. The molecular formula is C28H57N2O6+. The van der Waals surface area contributed by atoms with Crippen molar-refractivity contribution < 1.29 is 34.1 Å². The van der Waals surface area contributed by atoms with Crippen molar-refractivity contribution in [3.8, 4) is 0 Å². The van der Waals surface area contributed by atoms with E-state index in [1.165, 1.54) is 25.7 Å². The second-order valence-corrected chi connectivity index (χ2v) is 11.1. The number of nitrogens with one attached hydrogen (secondary N) is 1. The summed E-state index contributed by atoms with van der Waals surface area (Å²) in [6.45, 7) is 5.54. The molecule has 8 heteroatoms. The molecule has 0 spiro atoms. The largest absolute Gasteiger partial charge is 0.477 e. The van der Waals surface area contributed by atoms with E-state index in [0.717, 1.165) is 64.2 Å². The third-order valence-corrected chi connectivity index (χ3v) is 6.55. The van der Waals surface area contributed by atoms with Crippen molar-refractivity contribution in [2.24, 2.45) is 0 Å². The minimum Gasteiger partial charge on any atom is -0.477 e. The van der Waals surface area contributed by atoms with Crippen molar-refractivity contribution in [1.82, 2.24) is 5.32 Å². The molecule has 3 unspecified atom stereocenters. The molecule has 0 aliphatic heterocycles. The van der Waals surface area contributed by atoms with Crippen LogP contribution in [0.25, 0.3) is 0 Å². The zero-order valence-corrected chi connectivity index (χ0v) is 23.7. The first-order chi connectivity index (χ1) is 17.1. The maximum absolute atomic E-state index is 12.0. The highest BCUT2D eigenvalue weighted by molar-refractivity contribution is 5.75. The second kappa shape index (κ2) is 21.8. The summed E-state index contributed by atoms with van der Waals surface area (Å²) < 4.78 is 6.23. The number of quaternary nitrogens is 1. The zero-order valence-electron chi connectivity index (χ0n) is 23.7. The zero-order chi connectivity index (χ0) is 27.2. The average molecular weight is 518 g/mol. The molecule has 0 fully saturated rings. The van der Waals surface area contributed by atoms with Crippen LogP contribution in [-0.4, -0.2) is 90.3 Å². The van der Waals surface area contributed by atoms with Crippen molar-refractivity contribution in [2.75, 3.05) is 40.3 Å². The predicted octanol–water partition coefficient (Wildman–Crippen LogP) is 4.26. The topological polar surface area (TPSA) is 116 Å². The summed E-state index contributed by atoms with van der Waals surface area (Å²) in [4.78, 5) is 22.9. The first-order valence-corrected chi connectivity index (χ1v) is 14.4. The fraction of sp³-hybridized carbons (Fsp3) is 0.929. The number of aliphatic hydroxyl groups excluding tert-OH is 2. The van der Waals surface area contributed by atoms with Crippen molar-refractivity contribution in [3.05, 3.63) is 0 Å². The number of carbonyl (C=O) groups is 2. The van der Waals surface area contributed by atoms with Gasteiger partial charge in [0.1, 0.15) is 0 Å². The molecule has 1 amide bonds. The van der Waals surface area contributed by atoms with Gasteiger partial charge in [0.25, 0.3) is 0 Å². The molecule has 0 heterocycles. The molecule has 3 atom stereocenters. The number of aliphatic carboxylic acids is 1. The second-order valence-electron chi connectivity index (χ2n) is 11.1. The third kappa shape index (κ3) is 22.0. The Kier molecular flexibility index (Phi) is 21.1. The Bertz CT molecular complexity index is 556. The Hall–Kier alpha value is -1.22. The van der Waals surface area contributed by atoms with Gasteiger partial charge >= 0.3 is 5.97 Å². The lowest BCUT2D eigenvalue weighted by molar-refractivity contribution is -0.883. The molecule has 0 aliphatic rings. The normalized spacial score (nSPS) is 14.4. The van der Waals surface area contributed by atoms with Crippen molar-refractivity contribution in [1.29, 1.82) is 0 Å². The summed E-state index contributed by atoms with van der Waals surface area (Å²) >= 11 is 0. The van der Waals surface area contributed by atoms with Crippen LogP contribution in [0.4, 0.5) is 0 Å². The van der Waals surface area contributed by atoms with E-state index in [1.807, 2.05) is 14.1 Å². The van der Waals surface area contributed by atoms with Gasteiger partial charge in [0.15, 0.2) is 6.54 Å². The van der Waals surface area contributed by atoms with Crippen molar-refractivity contribution >= 4 is 11.9 Å². The van der Waals surface area contributed by atoms with Gasteiger partial charge in [-0.05, 0) is 26.2 Å². The lowest BCUT2D eigenvalue weighted by atomic mass is 9.99. The van der Waals surface area contributed by atoms with Crippen molar-refractivity contribution in [3.63, 3.8) is 0 Å². The van der Waals surface area contributed by atoms with E-state index in [2.05, 4.69) is 12.2 Å². The minimum atomic E-state index is -0.809. The molecule has 0 aromatic carbocycles. The summed E-state index contributed by atoms with van der Waals surface area (Å²) in [5.41, 5.74) is 0. The monoisotopic (exact) mass is 517 g/mol. The van der Waals surface area contributed by atoms with Crippen LogP contribution in [0.1, 0.15) is 110 Å². The van der Waals surface area contributed by atoms with Crippen LogP contribution >= 0.6 is 0 Å². The lowest BCUT2D eigenvalue weighted by Crippen LogP contribution is -2.45. The van der Waals surface area contributed by atoms with E-state index >= 15 is 0 Å². The Labute approximate surface area is 220 Å². The minimum absolute atomic E-state index is 0.0583. The van der Waals surface area contributed by atoms with Crippen LogP contribution < -0.4 is 5.32 Å². The molecule has 214 valence electrons. The van der Waals surface area contributed by atoms with Gasteiger partial charge in [-0.15, -0.1) is 0 Å². The predicted molar refractivity (Wildman–Crippen MR) is 145 cm³/mol. The van der Waals surface area contributed by atoms with Gasteiger partial charge in [0.2, 0.25) is 5.91 Å². The summed E-state index contributed by atoms with van der Waals surface area (Å²) in [5, 5.41) is 32.0. The summed E-state index contributed by atoms with van der Waals surface area (Å²) in [6.07, 6.45) is 13.7. The number of nitrogens with zero attached hydrogens (tertiary/aromatic N) is 1. The van der Waals surface area contributed by atoms with E-state index in [-0.39, 0.29) is 25.2 Å². The molecule has 8 nitrogen and oxygen atoms in total. The highest BCUT2D eigenvalue weighted by Gasteiger charge is 2.20. The van der Waals surface area contributed by atoms with Gasteiger partial charge in [-0.25, -0.2) is 4.79 Å². The van der Waals surface area contributed by atoms with Crippen LogP contribution in [0.5, 0.6) is 0 Å². The molecule has 4 N–H and O–H groups in total. The quantitative estimate of drug-likeness (QED) is 0.106. The molecule has 0 aromatic rings. The molecule has 0 saturated heterocycles. The van der Waals surface area contributed by atoms with Gasteiger partial charge in [-0.3, -0.25) is 4.79 Å². The van der Waals surface area contributed by atoms with Crippen LogP contribution in [0.2, 0.25) is 0 Å². The van der Waals surface area contributed by atoms with Gasteiger partial charge in [-0.1, -0.05) is 71.1 Å². The number of hydrogen-bond acceptors (Lipinski definition) is 5. The van der Waals surface area contributed by atoms with E-state index in [1.54, 1.807) is 6.92 Å². The molecule has 0 radical (unpaired) electrons. The Morgan fingerprint density at radius 3 is 2.06 bits per heavy atom. The first kappa shape index (κ1) is 34.8. The number of carboxylic acids is 1. The standard InChI is InChI=1S/C28H56N2O6/c1-5-6-7-8-10-13-17-25(32)26(36-23-24(2)31)18-14-11-9-12-15-19-27(33)29-20-16-21-30(3,4)22-28(34)35/h24-26,31-32H,5-23H2,1-4H3,(H-,29,33,34,35)/p+1. The molecule has 36 heavy (non-hydrogen) atoms. The van der Waals surface area contributed by atoms with Crippen LogP contribution in [0.15, 0.2) is 0 Å². The Morgan fingerprint density at radius 1 is 0.861 bits per heavy atom. The fourth-order valence-corrected chi connectivity index (χ4v) is 4.40. The number of carboxylic acid groups (broad SMARTS) is 1. The van der Waals surface area contributed by atoms with Crippen molar-refractivity contribution in [2.45, 2.75) is 128 Å². The number of ether oxygens (including phenoxy) is 1. The average Bonchev–Trinajstić information content (AvgIpc) is 2.79. The summed E-state index contributed by atoms with van der Waals surface area (Å²) in [7, 11) is 3.77. The molecule has 0 aliphatic carbocycles. The molecule has 0 bridgehead atoms. The number of carbonyl (C=O) groups excluding carboxylic acids is 1. The maximum atomic E-state index is 12.0. The third-order valence-electron chi connectivity index (χ3n) is 6.55. The Morgan fingerprint density at radius 2 is 1.44 bits per heavy atom. The molecule has 0 aromatic heterocycles. The lowest BCUT2D eigenvalue weighted by Gasteiger charge is -2.27. The number of hydrogen-bond donors (Lipinski definition) is 4. The van der Waals surface area contributed by atoms with Gasteiger partial charge in [-0.2, -0.15) is 0 Å². The summed E-state index contributed by atoms with van der Waals surface area (Å²) in [5.74, 6) is -0.751. The van der Waals surface area contributed by atoms with Crippen LogP contribution in [0.3, 0.4) is 0 Å². The van der Waals surface area contributed by atoms with Gasteiger partial charge in [0, 0.05) is 19.4 Å². The number of unbranched alkanes of at least 4 members (excludes halogenated alkanes) is 9. The first-order valence-electron chi connectivity index (χ1n) is 14.4. The summed E-state index contributed by atoms with van der Waals surface area (Å²) in [6, 6.07) is 0. The molecule has 0 rings (SSSR count). The SMILES string of the molecule is CCCCCCCCC(O)C(CCCCCCCC(=O)NCCC[N+](C)(C)CC(=O)O)OCC(C)O. The number of amides is 1. The van der Waals surface area contributed by atoms with Gasteiger partial charge in [0.05, 0.1) is 45.6 Å². The van der Waals surface area contributed by atoms with Crippen LogP contribution in [-0.2, 0) is 14.3 Å². The Balaban J connectivity index is 3.95. The fourth-order valence-electron chi connectivity index (χ4n) is 4.40. The smallest absolute Gasteiger partial charge is 0.359 e. The number of aliphatic hydroxyl groups is 2.